The van der Waals surface area contributed by atoms with Crippen molar-refractivity contribution in [3.63, 3.8) is 0 Å². The molecule has 1 aliphatic heterocycles. The highest BCUT2D eigenvalue weighted by molar-refractivity contribution is 6.35. The van der Waals surface area contributed by atoms with E-state index in [1.807, 2.05) is 0 Å². The molecule has 0 aromatic heterocycles. The second-order valence-corrected chi connectivity index (χ2v) is 4.36. The molecule has 0 saturated carbocycles. The van der Waals surface area contributed by atoms with Crippen LogP contribution in [-0.4, -0.2) is 18.1 Å². The van der Waals surface area contributed by atoms with Crippen molar-refractivity contribution in [2.24, 2.45) is 0 Å². The van der Waals surface area contributed by atoms with Gasteiger partial charge in [-0.1, -0.05) is 23.7 Å². The molecule has 1 aromatic rings. The quantitative estimate of drug-likeness (QED) is 0.466. The third-order valence-electron chi connectivity index (χ3n) is 2.83. The molecule has 2 atom stereocenters. The molecule has 0 amide bonds. The Balaban J connectivity index is 2.44. The molecule has 2 rings (SSSR count). The van der Waals surface area contributed by atoms with Crippen LogP contribution in [0, 0.1) is 11.6 Å². The number of methoxy groups -OCH3 is 1. The standard InChI is InChI=1S/C11H9ClF2O3/c1-10(11(12,17-10)9(15)16-2)6-4-3-5-7(13)8(6)14/h3-5H,1-2H3. The number of halogens is 3. The molecule has 1 saturated heterocycles. The van der Waals surface area contributed by atoms with Crippen LogP contribution in [0.3, 0.4) is 0 Å². The normalized spacial score (nSPS) is 31.1. The summed E-state index contributed by atoms with van der Waals surface area (Å²) in [6.07, 6.45) is 0. The lowest BCUT2D eigenvalue weighted by Crippen LogP contribution is -2.27. The highest BCUT2D eigenvalue weighted by atomic mass is 35.5. The molecule has 6 heteroatoms. The Morgan fingerprint density at radius 2 is 2.12 bits per heavy atom. The van der Waals surface area contributed by atoms with Crippen molar-refractivity contribution in [3.05, 3.63) is 35.4 Å². The van der Waals surface area contributed by atoms with E-state index < -0.39 is 28.3 Å². The average molecular weight is 263 g/mol. The molecule has 3 nitrogen and oxygen atoms in total. The average Bonchev–Trinajstić information content (AvgIpc) is 2.87. The summed E-state index contributed by atoms with van der Waals surface area (Å²) >= 11 is 5.88. The number of alkyl halides is 1. The molecule has 17 heavy (non-hydrogen) atoms. The number of benzene rings is 1. The number of epoxide rings is 1. The third kappa shape index (κ3) is 1.53. The van der Waals surface area contributed by atoms with Gasteiger partial charge in [-0.3, -0.25) is 0 Å². The van der Waals surface area contributed by atoms with Crippen LogP contribution in [0.1, 0.15) is 12.5 Å². The molecule has 2 unspecified atom stereocenters. The topological polar surface area (TPSA) is 38.8 Å². The van der Waals surface area contributed by atoms with E-state index in [1.54, 1.807) is 0 Å². The smallest absolute Gasteiger partial charge is 0.357 e. The molecule has 1 fully saturated rings. The van der Waals surface area contributed by atoms with Crippen LogP contribution < -0.4 is 0 Å². The number of carbonyl (C=O) groups excluding carboxylic acids is 1. The summed E-state index contributed by atoms with van der Waals surface area (Å²) < 4.78 is 36.2. The lowest BCUT2D eigenvalue weighted by Gasteiger charge is -2.10. The van der Waals surface area contributed by atoms with Crippen LogP contribution in [0.15, 0.2) is 18.2 Å². The van der Waals surface area contributed by atoms with Crippen molar-refractivity contribution in [2.45, 2.75) is 17.6 Å². The zero-order valence-corrected chi connectivity index (χ0v) is 9.85. The van der Waals surface area contributed by atoms with Crippen LogP contribution in [0.4, 0.5) is 8.78 Å². The molecular weight excluding hydrogens is 254 g/mol. The van der Waals surface area contributed by atoms with Crippen molar-refractivity contribution in [1.82, 2.24) is 0 Å². The molecular formula is C11H9ClF2O3. The Labute approximate surface area is 101 Å². The maximum atomic E-state index is 13.6. The van der Waals surface area contributed by atoms with Crippen LogP contribution in [0.25, 0.3) is 0 Å². The first-order chi connectivity index (χ1) is 7.87. The van der Waals surface area contributed by atoms with Crippen LogP contribution in [-0.2, 0) is 19.9 Å². The van der Waals surface area contributed by atoms with E-state index in [4.69, 9.17) is 16.3 Å². The van der Waals surface area contributed by atoms with Gasteiger partial charge in [0.2, 0.25) is 0 Å². The summed E-state index contributed by atoms with van der Waals surface area (Å²) in [5, 5.41) is -1.80. The van der Waals surface area contributed by atoms with Crippen molar-refractivity contribution >= 4 is 17.6 Å². The van der Waals surface area contributed by atoms with E-state index >= 15 is 0 Å². The van der Waals surface area contributed by atoms with Gasteiger partial charge >= 0.3 is 5.97 Å². The van der Waals surface area contributed by atoms with Gasteiger partial charge in [0.15, 0.2) is 17.2 Å². The Kier molecular flexibility index (Phi) is 2.63. The molecule has 1 aromatic carbocycles. The fourth-order valence-electron chi connectivity index (χ4n) is 1.72. The van der Waals surface area contributed by atoms with Gasteiger partial charge in [0.05, 0.1) is 7.11 Å². The van der Waals surface area contributed by atoms with Crippen LogP contribution in [0.5, 0.6) is 0 Å². The first-order valence-electron chi connectivity index (χ1n) is 4.79. The fraction of sp³-hybridized carbons (Fsp3) is 0.364. The monoisotopic (exact) mass is 262 g/mol. The predicted molar refractivity (Wildman–Crippen MR) is 55.4 cm³/mol. The maximum absolute atomic E-state index is 13.6. The summed E-state index contributed by atoms with van der Waals surface area (Å²) in [7, 11) is 1.14. The zero-order chi connectivity index (χ0) is 12.8. The van der Waals surface area contributed by atoms with Crippen molar-refractivity contribution in [1.29, 1.82) is 0 Å². The molecule has 0 bridgehead atoms. The number of ether oxygens (including phenoxy) is 2. The summed E-state index contributed by atoms with van der Waals surface area (Å²) in [5.41, 5.74) is -1.54. The van der Waals surface area contributed by atoms with Crippen LogP contribution >= 0.6 is 11.6 Å². The summed E-state index contributed by atoms with van der Waals surface area (Å²) in [5.74, 6) is -2.95. The van der Waals surface area contributed by atoms with Crippen molar-refractivity contribution in [3.8, 4) is 0 Å². The number of esters is 1. The minimum absolute atomic E-state index is 0.113. The molecule has 0 spiro atoms. The SMILES string of the molecule is COC(=O)C1(Cl)OC1(C)c1cccc(F)c1F. The van der Waals surface area contributed by atoms with E-state index in [0.29, 0.717) is 0 Å². The van der Waals surface area contributed by atoms with E-state index in [-0.39, 0.29) is 5.56 Å². The second-order valence-electron chi connectivity index (χ2n) is 3.82. The number of rotatable bonds is 2. The molecule has 1 heterocycles. The lowest BCUT2D eigenvalue weighted by molar-refractivity contribution is -0.143. The first kappa shape index (κ1) is 12.3. The summed E-state index contributed by atoms with van der Waals surface area (Å²) in [6.45, 7) is 1.40. The van der Waals surface area contributed by atoms with Gasteiger partial charge in [-0.2, -0.15) is 0 Å². The van der Waals surface area contributed by atoms with Crippen molar-refractivity contribution in [2.75, 3.05) is 7.11 Å². The van der Waals surface area contributed by atoms with Gasteiger partial charge in [-0.05, 0) is 13.0 Å². The predicted octanol–water partition coefficient (Wildman–Crippen LogP) is 2.32. The number of hydrogen-bond acceptors (Lipinski definition) is 3. The highest BCUT2D eigenvalue weighted by Crippen LogP contribution is 2.59. The highest BCUT2D eigenvalue weighted by Gasteiger charge is 2.74. The maximum Gasteiger partial charge on any atom is 0.357 e. The third-order valence-corrected chi connectivity index (χ3v) is 3.42. The minimum Gasteiger partial charge on any atom is -0.466 e. The van der Waals surface area contributed by atoms with Gasteiger partial charge < -0.3 is 9.47 Å². The first-order valence-corrected chi connectivity index (χ1v) is 5.16. The number of hydrogen-bond donors (Lipinski definition) is 0. The van der Waals surface area contributed by atoms with E-state index in [0.717, 1.165) is 13.2 Å². The van der Waals surface area contributed by atoms with E-state index in [1.165, 1.54) is 19.1 Å². The molecule has 1 aliphatic rings. The van der Waals surface area contributed by atoms with Gasteiger partial charge in [-0.25, -0.2) is 13.6 Å². The Morgan fingerprint density at radius 3 is 2.71 bits per heavy atom. The molecule has 0 radical (unpaired) electrons. The molecule has 92 valence electrons. The second kappa shape index (κ2) is 3.65. The Hall–Kier alpha value is -1.20. The van der Waals surface area contributed by atoms with Gasteiger partial charge in [0.1, 0.15) is 0 Å². The minimum atomic E-state index is -1.80. The molecule has 0 N–H and O–H groups in total. The molecule has 0 aliphatic carbocycles. The van der Waals surface area contributed by atoms with Gasteiger partial charge in [0, 0.05) is 5.56 Å². The lowest BCUT2D eigenvalue weighted by atomic mass is 9.96. The van der Waals surface area contributed by atoms with Crippen LogP contribution in [0.2, 0.25) is 0 Å². The largest absolute Gasteiger partial charge is 0.466 e. The number of carbonyl (C=O) groups is 1. The summed E-state index contributed by atoms with van der Waals surface area (Å²) in [6, 6.07) is 3.60. The van der Waals surface area contributed by atoms with Gasteiger partial charge in [0.25, 0.3) is 5.06 Å². The van der Waals surface area contributed by atoms with Gasteiger partial charge in [-0.15, -0.1) is 0 Å². The fourth-order valence-corrected chi connectivity index (χ4v) is 2.06. The summed E-state index contributed by atoms with van der Waals surface area (Å²) in [4.78, 5) is 11.4. The zero-order valence-electron chi connectivity index (χ0n) is 9.09. The Bertz CT molecular complexity index is 494. The Morgan fingerprint density at radius 1 is 1.47 bits per heavy atom. The van der Waals surface area contributed by atoms with E-state index in [2.05, 4.69) is 4.74 Å². The van der Waals surface area contributed by atoms with E-state index in [9.17, 15) is 13.6 Å². The van der Waals surface area contributed by atoms with Crippen molar-refractivity contribution < 1.29 is 23.0 Å².